The zero-order valence-electron chi connectivity index (χ0n) is 12.7. The number of unbranched alkanes of at least 4 members (excludes halogenated alkanes) is 1. The van der Waals surface area contributed by atoms with E-state index in [9.17, 15) is 0 Å². The summed E-state index contributed by atoms with van der Waals surface area (Å²) in [6.45, 7) is 8.94. The van der Waals surface area contributed by atoms with Gasteiger partial charge in [-0.2, -0.15) is 0 Å². The van der Waals surface area contributed by atoms with Gasteiger partial charge in [-0.25, -0.2) is 0 Å². The Balaban J connectivity index is 0.000000357. The van der Waals surface area contributed by atoms with Crippen LogP contribution in [0.2, 0.25) is 0 Å². The van der Waals surface area contributed by atoms with Gasteiger partial charge in [0, 0.05) is 0 Å². The molecule has 1 saturated carbocycles. The standard InChI is InChI=1S/C14H20.C4H10/c1-11-5-3-7-13(9-11)14-8-4-6-12(2)10-14;1-3-4-2/h3,5,7,9,12,14H,4,6,8,10H2,1-2H3;3-4H2,1-2H3. The fraction of sp³-hybridized carbons (Fsp3) is 0.667. The Morgan fingerprint density at radius 1 is 1.11 bits per heavy atom. The molecule has 0 heteroatoms. The van der Waals surface area contributed by atoms with Crippen LogP contribution in [-0.2, 0) is 0 Å². The first-order valence-electron chi connectivity index (χ1n) is 7.73. The fourth-order valence-corrected chi connectivity index (χ4v) is 2.66. The molecule has 2 atom stereocenters. The highest BCUT2D eigenvalue weighted by Crippen LogP contribution is 2.35. The Labute approximate surface area is 114 Å². The van der Waals surface area contributed by atoms with E-state index >= 15 is 0 Å². The lowest BCUT2D eigenvalue weighted by molar-refractivity contribution is 0.344. The van der Waals surface area contributed by atoms with Crippen LogP contribution in [0.5, 0.6) is 0 Å². The fourth-order valence-electron chi connectivity index (χ4n) is 2.66. The van der Waals surface area contributed by atoms with Crippen LogP contribution in [0.15, 0.2) is 24.3 Å². The van der Waals surface area contributed by atoms with Crippen molar-refractivity contribution in [2.75, 3.05) is 0 Å². The largest absolute Gasteiger partial charge is 0.0654 e. The van der Waals surface area contributed by atoms with E-state index in [2.05, 4.69) is 52.0 Å². The first-order chi connectivity index (χ1) is 8.67. The van der Waals surface area contributed by atoms with Crippen LogP contribution in [0.3, 0.4) is 0 Å². The molecule has 1 aromatic carbocycles. The number of aryl methyl sites for hydroxylation is 1. The van der Waals surface area contributed by atoms with Crippen molar-refractivity contribution in [3.8, 4) is 0 Å². The molecule has 0 spiro atoms. The molecule has 18 heavy (non-hydrogen) atoms. The van der Waals surface area contributed by atoms with Gasteiger partial charge in [-0.3, -0.25) is 0 Å². The minimum Gasteiger partial charge on any atom is -0.0654 e. The smallest absolute Gasteiger partial charge is 0.0159 e. The van der Waals surface area contributed by atoms with Crippen molar-refractivity contribution < 1.29 is 0 Å². The molecule has 102 valence electrons. The molecule has 1 fully saturated rings. The Morgan fingerprint density at radius 2 is 1.83 bits per heavy atom. The SMILES string of the molecule is CCCC.Cc1cccc(C2CCCC(C)C2)c1. The van der Waals surface area contributed by atoms with Crippen LogP contribution in [-0.4, -0.2) is 0 Å². The molecule has 1 aliphatic carbocycles. The highest BCUT2D eigenvalue weighted by atomic mass is 14.2. The van der Waals surface area contributed by atoms with Gasteiger partial charge in [-0.15, -0.1) is 0 Å². The summed E-state index contributed by atoms with van der Waals surface area (Å²) in [7, 11) is 0. The maximum absolute atomic E-state index is 2.39. The van der Waals surface area contributed by atoms with Crippen LogP contribution in [0.4, 0.5) is 0 Å². The van der Waals surface area contributed by atoms with E-state index < -0.39 is 0 Å². The third kappa shape index (κ3) is 5.25. The summed E-state index contributed by atoms with van der Waals surface area (Å²) in [4.78, 5) is 0. The van der Waals surface area contributed by atoms with Gasteiger partial charge in [0.05, 0.1) is 0 Å². The zero-order chi connectivity index (χ0) is 13.4. The predicted molar refractivity (Wildman–Crippen MR) is 82.1 cm³/mol. The molecule has 0 amide bonds. The number of hydrogen-bond donors (Lipinski definition) is 0. The minimum atomic E-state index is 0.832. The molecule has 0 aromatic heterocycles. The van der Waals surface area contributed by atoms with Gasteiger partial charge in [0.2, 0.25) is 0 Å². The Hall–Kier alpha value is -0.780. The van der Waals surface area contributed by atoms with Gasteiger partial charge in [0.1, 0.15) is 0 Å². The van der Waals surface area contributed by atoms with Crippen molar-refractivity contribution in [1.82, 2.24) is 0 Å². The van der Waals surface area contributed by atoms with Crippen LogP contribution >= 0.6 is 0 Å². The number of hydrogen-bond acceptors (Lipinski definition) is 0. The maximum atomic E-state index is 2.39. The van der Waals surface area contributed by atoms with Crippen LogP contribution in [0.1, 0.15) is 76.3 Å². The third-order valence-corrected chi connectivity index (χ3v) is 3.95. The van der Waals surface area contributed by atoms with E-state index in [0.29, 0.717) is 0 Å². The number of benzene rings is 1. The summed E-state index contributed by atoms with van der Waals surface area (Å²) >= 11 is 0. The Morgan fingerprint density at radius 3 is 2.39 bits per heavy atom. The second-order valence-electron chi connectivity index (χ2n) is 5.88. The molecule has 0 aliphatic heterocycles. The zero-order valence-corrected chi connectivity index (χ0v) is 12.7. The monoisotopic (exact) mass is 246 g/mol. The van der Waals surface area contributed by atoms with Gasteiger partial charge in [0.15, 0.2) is 0 Å². The first kappa shape index (κ1) is 15.3. The topological polar surface area (TPSA) is 0 Å². The second-order valence-corrected chi connectivity index (χ2v) is 5.88. The summed E-state index contributed by atoms with van der Waals surface area (Å²) in [5.41, 5.74) is 2.97. The van der Waals surface area contributed by atoms with E-state index in [1.807, 2.05) is 0 Å². The van der Waals surface area contributed by atoms with Crippen molar-refractivity contribution in [3.63, 3.8) is 0 Å². The van der Waals surface area contributed by atoms with Gasteiger partial charge in [-0.05, 0) is 37.2 Å². The van der Waals surface area contributed by atoms with Crippen LogP contribution in [0, 0.1) is 12.8 Å². The molecule has 0 bridgehead atoms. The molecule has 0 N–H and O–H groups in total. The summed E-state index contributed by atoms with van der Waals surface area (Å²) < 4.78 is 0. The molecule has 2 rings (SSSR count). The molecule has 1 aromatic rings. The molecule has 0 nitrogen and oxygen atoms in total. The molecule has 2 unspecified atom stereocenters. The van der Waals surface area contributed by atoms with Crippen molar-refractivity contribution >= 4 is 0 Å². The Bertz CT molecular complexity index is 325. The Kier molecular flexibility index (Phi) is 7.08. The number of rotatable bonds is 2. The van der Waals surface area contributed by atoms with E-state index in [-0.39, 0.29) is 0 Å². The summed E-state index contributed by atoms with van der Waals surface area (Å²) in [6, 6.07) is 9.05. The van der Waals surface area contributed by atoms with Gasteiger partial charge in [-0.1, -0.05) is 76.3 Å². The van der Waals surface area contributed by atoms with Gasteiger partial charge < -0.3 is 0 Å². The van der Waals surface area contributed by atoms with E-state index in [1.165, 1.54) is 44.1 Å². The second kappa shape index (κ2) is 8.34. The quantitative estimate of drug-likeness (QED) is 0.592. The average Bonchev–Trinajstić information content (AvgIpc) is 2.39. The highest BCUT2D eigenvalue weighted by Gasteiger charge is 2.19. The van der Waals surface area contributed by atoms with Crippen molar-refractivity contribution in [2.45, 2.75) is 72.1 Å². The van der Waals surface area contributed by atoms with E-state index in [1.54, 1.807) is 5.56 Å². The lowest BCUT2D eigenvalue weighted by atomic mass is 9.78. The lowest BCUT2D eigenvalue weighted by Crippen LogP contribution is -2.11. The normalized spacial score (nSPS) is 23.1. The average molecular weight is 246 g/mol. The van der Waals surface area contributed by atoms with Crippen LogP contribution < -0.4 is 0 Å². The maximum Gasteiger partial charge on any atom is -0.0159 e. The lowest BCUT2D eigenvalue weighted by Gasteiger charge is -2.27. The van der Waals surface area contributed by atoms with Gasteiger partial charge in [0.25, 0.3) is 0 Å². The van der Waals surface area contributed by atoms with Gasteiger partial charge >= 0.3 is 0 Å². The summed E-state index contributed by atoms with van der Waals surface area (Å²) in [5, 5.41) is 0. The van der Waals surface area contributed by atoms with Crippen molar-refractivity contribution in [1.29, 1.82) is 0 Å². The van der Waals surface area contributed by atoms with E-state index in [4.69, 9.17) is 0 Å². The highest BCUT2D eigenvalue weighted by molar-refractivity contribution is 5.25. The summed E-state index contributed by atoms with van der Waals surface area (Å²) in [6.07, 6.45) is 8.28. The minimum absolute atomic E-state index is 0.832. The van der Waals surface area contributed by atoms with Crippen LogP contribution in [0.25, 0.3) is 0 Å². The third-order valence-electron chi connectivity index (χ3n) is 3.95. The van der Waals surface area contributed by atoms with E-state index in [0.717, 1.165) is 11.8 Å². The predicted octanol–water partition coefficient (Wildman–Crippen LogP) is 6.10. The molecular weight excluding hydrogens is 216 g/mol. The first-order valence-corrected chi connectivity index (χ1v) is 7.73. The summed E-state index contributed by atoms with van der Waals surface area (Å²) in [5.74, 6) is 1.76. The molecule has 0 saturated heterocycles. The van der Waals surface area contributed by atoms with Crippen molar-refractivity contribution in [2.24, 2.45) is 5.92 Å². The van der Waals surface area contributed by atoms with Crippen molar-refractivity contribution in [3.05, 3.63) is 35.4 Å². The molecule has 0 heterocycles. The molecule has 0 radical (unpaired) electrons. The molecular formula is C18H30. The molecule has 1 aliphatic rings.